The van der Waals surface area contributed by atoms with Gasteiger partial charge in [0, 0.05) is 25.9 Å². The van der Waals surface area contributed by atoms with E-state index in [1.165, 1.54) is 0 Å². The summed E-state index contributed by atoms with van der Waals surface area (Å²) >= 11 is 6.13. The Morgan fingerprint density at radius 3 is 2.73 bits per heavy atom. The fourth-order valence-electron chi connectivity index (χ4n) is 2.87. The van der Waals surface area contributed by atoms with Gasteiger partial charge < -0.3 is 20.3 Å². The molecule has 2 heterocycles. The van der Waals surface area contributed by atoms with E-state index in [0.717, 1.165) is 5.56 Å². The number of halogens is 1. The van der Waals surface area contributed by atoms with E-state index in [-0.39, 0.29) is 12.1 Å². The predicted octanol–water partition coefficient (Wildman–Crippen LogP) is 2.75. The van der Waals surface area contributed by atoms with Crippen molar-refractivity contribution in [2.45, 2.75) is 25.4 Å². The molecule has 0 saturated carbocycles. The maximum atomic E-state index is 12.4. The van der Waals surface area contributed by atoms with Crippen LogP contribution in [-0.4, -0.2) is 42.3 Å². The lowest BCUT2D eigenvalue weighted by molar-refractivity contribution is 0.0110. The molecule has 3 rings (SSSR count). The van der Waals surface area contributed by atoms with Crippen molar-refractivity contribution in [3.63, 3.8) is 0 Å². The summed E-state index contributed by atoms with van der Waals surface area (Å²) in [6.45, 7) is 3.51. The number of amides is 3. The number of hydrogen-bond acceptors (Lipinski definition) is 3. The first-order chi connectivity index (χ1) is 10.5. The van der Waals surface area contributed by atoms with Crippen LogP contribution in [0.1, 0.15) is 18.4 Å². The second-order valence-corrected chi connectivity index (χ2v) is 6.18. The molecule has 2 aliphatic heterocycles. The van der Waals surface area contributed by atoms with Crippen LogP contribution in [0.2, 0.25) is 5.02 Å². The summed E-state index contributed by atoms with van der Waals surface area (Å²) in [6, 6.07) is 5.32. The van der Waals surface area contributed by atoms with Gasteiger partial charge in [-0.05, 0) is 18.6 Å². The maximum absolute atomic E-state index is 12.4. The van der Waals surface area contributed by atoms with Gasteiger partial charge in [-0.1, -0.05) is 23.7 Å². The molecule has 2 N–H and O–H groups in total. The van der Waals surface area contributed by atoms with Gasteiger partial charge in [0.15, 0.2) is 0 Å². The lowest BCUT2D eigenvalue weighted by atomic mass is 9.92. The number of hydrogen-bond donors (Lipinski definition) is 2. The molecular weight excluding hydrogens is 306 g/mol. The molecule has 22 heavy (non-hydrogen) atoms. The van der Waals surface area contributed by atoms with Crippen molar-refractivity contribution in [1.29, 1.82) is 0 Å². The van der Waals surface area contributed by atoms with Crippen molar-refractivity contribution in [2.24, 2.45) is 0 Å². The molecule has 118 valence electrons. The number of alkyl carbamates (subject to hydrolysis) is 1. The monoisotopic (exact) mass is 323 g/mol. The average Bonchev–Trinajstić information content (AvgIpc) is 2.84. The van der Waals surface area contributed by atoms with Gasteiger partial charge in [0.25, 0.3) is 0 Å². The topological polar surface area (TPSA) is 70.7 Å². The van der Waals surface area contributed by atoms with Gasteiger partial charge in [0.2, 0.25) is 0 Å². The third-order valence-electron chi connectivity index (χ3n) is 4.28. The number of nitrogens with zero attached hydrogens (tertiary/aromatic N) is 1. The van der Waals surface area contributed by atoms with Crippen LogP contribution in [0, 0.1) is 6.92 Å². The Balaban J connectivity index is 1.62. The summed E-state index contributed by atoms with van der Waals surface area (Å²) in [5.41, 5.74) is 1.11. The van der Waals surface area contributed by atoms with Crippen LogP contribution in [0.4, 0.5) is 15.3 Å². The highest BCUT2D eigenvalue weighted by Crippen LogP contribution is 2.30. The van der Waals surface area contributed by atoms with Gasteiger partial charge in [-0.15, -0.1) is 0 Å². The van der Waals surface area contributed by atoms with E-state index in [2.05, 4.69) is 10.6 Å². The maximum Gasteiger partial charge on any atom is 0.407 e. The van der Waals surface area contributed by atoms with Crippen LogP contribution in [0.15, 0.2) is 18.2 Å². The van der Waals surface area contributed by atoms with Gasteiger partial charge in [0.1, 0.15) is 5.60 Å². The van der Waals surface area contributed by atoms with Crippen LogP contribution in [-0.2, 0) is 4.74 Å². The van der Waals surface area contributed by atoms with Crippen LogP contribution in [0.25, 0.3) is 0 Å². The fraction of sp³-hybridized carbons (Fsp3) is 0.467. The third-order valence-corrected chi connectivity index (χ3v) is 4.59. The Hall–Kier alpha value is -1.95. The molecule has 1 spiro atoms. The summed E-state index contributed by atoms with van der Waals surface area (Å²) in [4.78, 5) is 25.3. The first kappa shape index (κ1) is 15.0. The quantitative estimate of drug-likeness (QED) is 0.835. The first-order valence-corrected chi connectivity index (χ1v) is 7.65. The average molecular weight is 324 g/mol. The minimum atomic E-state index is -0.450. The Morgan fingerprint density at radius 1 is 1.41 bits per heavy atom. The number of benzene rings is 1. The molecule has 0 unspecified atom stereocenters. The van der Waals surface area contributed by atoms with Crippen LogP contribution in [0.5, 0.6) is 0 Å². The molecule has 1 aromatic rings. The van der Waals surface area contributed by atoms with E-state index in [9.17, 15) is 9.59 Å². The largest absolute Gasteiger partial charge is 0.441 e. The molecule has 2 saturated heterocycles. The van der Waals surface area contributed by atoms with Crippen molar-refractivity contribution in [1.82, 2.24) is 10.2 Å². The molecule has 2 aliphatic rings. The smallest absolute Gasteiger partial charge is 0.407 e. The second kappa shape index (κ2) is 5.68. The normalized spacial score (nSPS) is 19.7. The highest BCUT2D eigenvalue weighted by molar-refractivity contribution is 6.33. The number of ether oxygens (including phenoxy) is 1. The van der Waals surface area contributed by atoms with Crippen LogP contribution >= 0.6 is 11.6 Å². The van der Waals surface area contributed by atoms with E-state index in [1.54, 1.807) is 11.0 Å². The van der Waals surface area contributed by atoms with Gasteiger partial charge in [-0.3, -0.25) is 0 Å². The van der Waals surface area contributed by atoms with Crippen molar-refractivity contribution >= 4 is 29.4 Å². The van der Waals surface area contributed by atoms with Gasteiger partial charge in [-0.2, -0.15) is 0 Å². The van der Waals surface area contributed by atoms with Gasteiger partial charge >= 0.3 is 12.1 Å². The third kappa shape index (κ3) is 2.83. The molecule has 0 aliphatic carbocycles. The number of likely N-dealkylation sites (tertiary alicyclic amines) is 1. The molecular formula is C15H18ClN3O3. The summed E-state index contributed by atoms with van der Waals surface area (Å²) in [5.74, 6) is 0. The van der Waals surface area contributed by atoms with E-state index in [0.29, 0.717) is 43.2 Å². The summed E-state index contributed by atoms with van der Waals surface area (Å²) in [7, 11) is 0. The van der Waals surface area contributed by atoms with Crippen molar-refractivity contribution in [3.05, 3.63) is 28.8 Å². The first-order valence-electron chi connectivity index (χ1n) is 7.27. The second-order valence-electron chi connectivity index (χ2n) is 5.78. The Labute approximate surface area is 133 Å². The lowest BCUT2D eigenvalue weighted by Gasteiger charge is -2.37. The van der Waals surface area contributed by atoms with E-state index < -0.39 is 5.60 Å². The zero-order chi connectivity index (χ0) is 15.7. The van der Waals surface area contributed by atoms with Crippen LogP contribution < -0.4 is 10.6 Å². The highest BCUT2D eigenvalue weighted by atomic mass is 35.5. The van der Waals surface area contributed by atoms with Gasteiger partial charge in [-0.25, -0.2) is 9.59 Å². The summed E-state index contributed by atoms with van der Waals surface area (Å²) < 4.78 is 5.34. The zero-order valence-electron chi connectivity index (χ0n) is 12.3. The molecule has 0 radical (unpaired) electrons. The Bertz CT molecular complexity index is 592. The number of aryl methyl sites for hydroxylation is 1. The zero-order valence-corrected chi connectivity index (χ0v) is 13.1. The number of urea groups is 1. The lowest BCUT2D eigenvalue weighted by Crippen LogP contribution is -2.49. The number of para-hydroxylation sites is 1. The standard InChI is InChI=1S/C15H18ClN3O3/c1-10-3-2-4-11(16)12(10)18-13(20)19-7-5-15(6-8-19)9-17-14(21)22-15/h2-4H,5-9H2,1H3,(H,17,21)(H,18,20). The van der Waals surface area contributed by atoms with E-state index in [1.807, 2.05) is 19.1 Å². The number of carbonyl (C=O) groups is 2. The number of piperidine rings is 1. The number of carbonyl (C=O) groups excluding carboxylic acids is 2. The minimum absolute atomic E-state index is 0.177. The molecule has 3 amide bonds. The van der Waals surface area contributed by atoms with Crippen molar-refractivity contribution in [3.8, 4) is 0 Å². The van der Waals surface area contributed by atoms with Crippen molar-refractivity contribution in [2.75, 3.05) is 25.0 Å². The molecule has 0 bridgehead atoms. The fourth-order valence-corrected chi connectivity index (χ4v) is 3.14. The van der Waals surface area contributed by atoms with Gasteiger partial charge in [0.05, 0.1) is 17.3 Å². The molecule has 1 aromatic carbocycles. The van der Waals surface area contributed by atoms with E-state index >= 15 is 0 Å². The number of anilines is 1. The molecule has 0 aromatic heterocycles. The SMILES string of the molecule is Cc1cccc(Cl)c1NC(=O)N1CCC2(CC1)CNC(=O)O2. The molecule has 7 heteroatoms. The number of nitrogens with one attached hydrogen (secondary N) is 2. The highest BCUT2D eigenvalue weighted by Gasteiger charge is 2.43. The summed E-state index contributed by atoms with van der Waals surface area (Å²) in [6.07, 6.45) is 0.908. The predicted molar refractivity (Wildman–Crippen MR) is 83.2 cm³/mol. The summed E-state index contributed by atoms with van der Waals surface area (Å²) in [5, 5.41) is 6.07. The Morgan fingerprint density at radius 2 is 2.14 bits per heavy atom. The molecule has 0 atom stereocenters. The van der Waals surface area contributed by atoms with E-state index in [4.69, 9.17) is 16.3 Å². The number of rotatable bonds is 1. The molecule has 6 nitrogen and oxygen atoms in total. The minimum Gasteiger partial charge on any atom is -0.441 e. The Kier molecular flexibility index (Phi) is 3.87. The van der Waals surface area contributed by atoms with Crippen molar-refractivity contribution < 1.29 is 14.3 Å². The van der Waals surface area contributed by atoms with Crippen LogP contribution in [0.3, 0.4) is 0 Å². The molecule has 2 fully saturated rings.